The fraction of sp³-hybridized carbons (Fsp3) is 0.294. The molecule has 2 aromatic carbocycles. The van der Waals surface area contributed by atoms with Crippen molar-refractivity contribution in [2.45, 2.75) is 24.3 Å². The summed E-state index contributed by atoms with van der Waals surface area (Å²) >= 11 is 0. The molecule has 0 radical (unpaired) electrons. The highest BCUT2D eigenvalue weighted by Gasteiger charge is 2.32. The summed E-state index contributed by atoms with van der Waals surface area (Å²) in [6.45, 7) is 2.07. The molecule has 8 heteroatoms. The molecule has 6 nitrogen and oxygen atoms in total. The Morgan fingerprint density at radius 1 is 1.04 bits per heavy atom. The van der Waals surface area contributed by atoms with Crippen LogP contribution in [0.5, 0.6) is 0 Å². The molecule has 0 saturated carbocycles. The van der Waals surface area contributed by atoms with E-state index in [0.717, 1.165) is 11.8 Å². The second kappa shape index (κ2) is 6.44. The Morgan fingerprint density at radius 2 is 1.76 bits per heavy atom. The van der Waals surface area contributed by atoms with E-state index in [1.54, 1.807) is 42.5 Å². The second-order valence-electron chi connectivity index (χ2n) is 6.17. The monoisotopic (exact) mass is 380 g/mol. The van der Waals surface area contributed by atoms with Crippen LogP contribution in [0.15, 0.2) is 53.4 Å². The van der Waals surface area contributed by atoms with Gasteiger partial charge in [-0.25, -0.2) is 21.6 Å². The molecule has 1 atom stereocenters. The molecule has 0 spiro atoms. The van der Waals surface area contributed by atoms with Gasteiger partial charge in [-0.1, -0.05) is 30.3 Å². The van der Waals surface area contributed by atoms with E-state index in [-0.39, 0.29) is 11.4 Å². The van der Waals surface area contributed by atoms with Crippen LogP contribution in [-0.2, 0) is 20.0 Å². The van der Waals surface area contributed by atoms with Crippen molar-refractivity contribution in [1.82, 2.24) is 4.72 Å². The van der Waals surface area contributed by atoms with Gasteiger partial charge in [0.25, 0.3) is 0 Å². The molecule has 0 aliphatic carbocycles. The number of benzene rings is 2. The summed E-state index contributed by atoms with van der Waals surface area (Å²) in [6.07, 6.45) is 1.52. The van der Waals surface area contributed by atoms with Crippen LogP contribution in [0.2, 0.25) is 0 Å². The van der Waals surface area contributed by atoms with Crippen molar-refractivity contribution in [3.63, 3.8) is 0 Å². The van der Waals surface area contributed by atoms with Gasteiger partial charge >= 0.3 is 0 Å². The SMILES string of the molecule is Cc1cccc(S(=O)(=O)NC2CCN(S(C)(=O)=O)c3ccccc32)c1. The molecule has 1 aliphatic rings. The summed E-state index contributed by atoms with van der Waals surface area (Å²) in [7, 11) is -7.10. The molecule has 2 aromatic rings. The van der Waals surface area contributed by atoms with Gasteiger partial charge in [0.15, 0.2) is 0 Å². The Balaban J connectivity index is 1.96. The quantitative estimate of drug-likeness (QED) is 0.881. The van der Waals surface area contributed by atoms with Gasteiger partial charge in [0.2, 0.25) is 20.0 Å². The molecule has 1 N–H and O–H groups in total. The Labute approximate surface area is 148 Å². The lowest BCUT2D eigenvalue weighted by molar-refractivity contribution is 0.530. The number of hydrogen-bond acceptors (Lipinski definition) is 4. The Morgan fingerprint density at radius 3 is 2.44 bits per heavy atom. The third-order valence-corrected chi connectivity index (χ3v) is 6.85. The first-order chi connectivity index (χ1) is 11.7. The van der Waals surface area contributed by atoms with Crippen molar-refractivity contribution in [3.05, 3.63) is 59.7 Å². The van der Waals surface area contributed by atoms with E-state index >= 15 is 0 Å². The van der Waals surface area contributed by atoms with Gasteiger partial charge in [-0.05, 0) is 42.7 Å². The number of aryl methyl sites for hydroxylation is 1. The van der Waals surface area contributed by atoms with Gasteiger partial charge in [-0.3, -0.25) is 4.31 Å². The predicted octanol–water partition coefficient (Wildman–Crippen LogP) is 2.18. The van der Waals surface area contributed by atoms with Gasteiger partial charge in [-0.15, -0.1) is 0 Å². The number of para-hydroxylation sites is 1. The molecule has 3 rings (SSSR count). The zero-order valence-corrected chi connectivity index (χ0v) is 15.6. The second-order valence-corrected chi connectivity index (χ2v) is 9.79. The third kappa shape index (κ3) is 3.70. The Bertz CT molecular complexity index is 1000. The van der Waals surface area contributed by atoms with Crippen LogP contribution in [0.1, 0.15) is 23.6 Å². The van der Waals surface area contributed by atoms with Crippen LogP contribution in [-0.4, -0.2) is 29.6 Å². The highest BCUT2D eigenvalue weighted by atomic mass is 32.2. The van der Waals surface area contributed by atoms with Crippen molar-refractivity contribution in [1.29, 1.82) is 0 Å². The minimum absolute atomic E-state index is 0.204. The minimum atomic E-state index is -3.70. The van der Waals surface area contributed by atoms with Crippen molar-refractivity contribution in [3.8, 4) is 0 Å². The molecular weight excluding hydrogens is 360 g/mol. The lowest BCUT2D eigenvalue weighted by Gasteiger charge is -2.34. The van der Waals surface area contributed by atoms with Crippen molar-refractivity contribution < 1.29 is 16.8 Å². The number of sulfonamides is 2. The normalized spacial score (nSPS) is 18.0. The summed E-state index contributed by atoms with van der Waals surface area (Å²) in [5, 5.41) is 0. The van der Waals surface area contributed by atoms with Gasteiger partial charge in [0, 0.05) is 6.54 Å². The van der Waals surface area contributed by atoms with E-state index in [9.17, 15) is 16.8 Å². The first-order valence-corrected chi connectivity index (χ1v) is 11.2. The maximum atomic E-state index is 12.7. The van der Waals surface area contributed by atoms with Crippen LogP contribution in [0.4, 0.5) is 5.69 Å². The summed E-state index contributed by atoms with van der Waals surface area (Å²) in [4.78, 5) is 0.204. The molecule has 0 saturated heterocycles. The highest BCUT2D eigenvalue weighted by Crippen LogP contribution is 2.35. The first kappa shape index (κ1) is 17.9. The van der Waals surface area contributed by atoms with Crippen LogP contribution < -0.4 is 9.03 Å². The van der Waals surface area contributed by atoms with Crippen LogP contribution in [0, 0.1) is 6.92 Å². The summed E-state index contributed by atoms with van der Waals surface area (Å²) in [5.41, 5.74) is 2.04. The summed E-state index contributed by atoms with van der Waals surface area (Å²) in [5.74, 6) is 0. The zero-order chi connectivity index (χ0) is 18.2. The fourth-order valence-electron chi connectivity index (χ4n) is 3.04. The lowest BCUT2D eigenvalue weighted by Crippen LogP contribution is -2.40. The summed E-state index contributed by atoms with van der Waals surface area (Å²) in [6, 6.07) is 13.2. The molecular formula is C17H20N2O4S2. The molecule has 25 heavy (non-hydrogen) atoms. The average Bonchev–Trinajstić information content (AvgIpc) is 2.54. The van der Waals surface area contributed by atoms with Crippen molar-refractivity contribution in [2.75, 3.05) is 17.1 Å². The first-order valence-electron chi connectivity index (χ1n) is 7.84. The number of anilines is 1. The molecule has 0 amide bonds. The number of rotatable bonds is 4. The molecule has 0 bridgehead atoms. The molecule has 1 heterocycles. The lowest BCUT2D eigenvalue weighted by atomic mass is 9.99. The zero-order valence-electron chi connectivity index (χ0n) is 14.0. The van der Waals surface area contributed by atoms with E-state index in [1.807, 2.05) is 13.0 Å². The average molecular weight is 380 g/mol. The number of hydrogen-bond donors (Lipinski definition) is 1. The van der Waals surface area contributed by atoms with Gasteiger partial charge in [-0.2, -0.15) is 0 Å². The van der Waals surface area contributed by atoms with E-state index in [0.29, 0.717) is 17.7 Å². The Hall–Kier alpha value is -1.90. The smallest absolute Gasteiger partial charge is 0.241 e. The third-order valence-electron chi connectivity index (χ3n) is 4.20. The molecule has 1 unspecified atom stereocenters. The number of fused-ring (bicyclic) bond motifs is 1. The molecule has 1 aliphatic heterocycles. The fourth-order valence-corrected chi connectivity index (χ4v) is 5.35. The van der Waals surface area contributed by atoms with Gasteiger partial charge < -0.3 is 0 Å². The van der Waals surface area contributed by atoms with E-state index in [1.165, 1.54) is 4.31 Å². The largest absolute Gasteiger partial charge is 0.270 e. The van der Waals surface area contributed by atoms with Crippen LogP contribution in [0.3, 0.4) is 0 Å². The molecule has 0 fully saturated rings. The standard InChI is InChI=1S/C17H20N2O4S2/c1-13-6-5-7-14(12-13)25(22,23)18-16-10-11-19(24(2,20)21)17-9-4-3-8-15(16)17/h3-9,12,16,18H,10-11H2,1-2H3. The summed E-state index contributed by atoms with van der Waals surface area (Å²) < 4.78 is 53.4. The predicted molar refractivity (Wildman–Crippen MR) is 97.5 cm³/mol. The van der Waals surface area contributed by atoms with Crippen molar-refractivity contribution in [2.24, 2.45) is 0 Å². The number of nitrogens with zero attached hydrogens (tertiary/aromatic N) is 1. The topological polar surface area (TPSA) is 83.6 Å². The van der Waals surface area contributed by atoms with E-state index in [2.05, 4.69) is 4.72 Å². The van der Waals surface area contributed by atoms with Crippen LogP contribution >= 0.6 is 0 Å². The molecule has 0 aromatic heterocycles. The number of nitrogens with one attached hydrogen (secondary N) is 1. The molecule has 134 valence electrons. The maximum Gasteiger partial charge on any atom is 0.241 e. The van der Waals surface area contributed by atoms with E-state index in [4.69, 9.17) is 0 Å². The van der Waals surface area contributed by atoms with Crippen LogP contribution in [0.25, 0.3) is 0 Å². The van der Waals surface area contributed by atoms with E-state index < -0.39 is 26.1 Å². The van der Waals surface area contributed by atoms with Gasteiger partial charge in [0.1, 0.15) is 0 Å². The maximum absolute atomic E-state index is 12.7. The highest BCUT2D eigenvalue weighted by molar-refractivity contribution is 7.92. The van der Waals surface area contributed by atoms with Gasteiger partial charge in [0.05, 0.1) is 22.9 Å². The van der Waals surface area contributed by atoms with Crippen molar-refractivity contribution >= 4 is 25.7 Å². The Kier molecular flexibility index (Phi) is 4.61. The minimum Gasteiger partial charge on any atom is -0.270 e.